The summed E-state index contributed by atoms with van der Waals surface area (Å²) in [6.07, 6.45) is 3.14. The lowest BCUT2D eigenvalue weighted by molar-refractivity contribution is 0.00737. The van der Waals surface area contributed by atoms with Crippen LogP contribution in [0.4, 0.5) is 10.6 Å². The van der Waals surface area contributed by atoms with Crippen molar-refractivity contribution in [3.63, 3.8) is 0 Å². The number of carbonyl (C=O) groups is 2. The Labute approximate surface area is 148 Å². The van der Waals surface area contributed by atoms with E-state index < -0.39 is 5.60 Å². The smallest absolute Gasteiger partial charge is 0.410 e. The van der Waals surface area contributed by atoms with Gasteiger partial charge in [-0.2, -0.15) is 0 Å². The number of carbonyl (C=O) groups excluding carboxylic acids is 2. The second kappa shape index (κ2) is 6.54. The van der Waals surface area contributed by atoms with E-state index in [-0.39, 0.29) is 24.0 Å². The molecule has 4 rings (SSSR count). The normalized spacial score (nSPS) is 23.3. The van der Waals surface area contributed by atoms with Crippen molar-refractivity contribution in [3.8, 4) is 0 Å². The van der Waals surface area contributed by atoms with Gasteiger partial charge in [0, 0.05) is 25.8 Å². The predicted octanol–water partition coefficient (Wildman–Crippen LogP) is 2.14. The predicted molar refractivity (Wildman–Crippen MR) is 94.0 cm³/mol. The molecule has 2 atom stereocenters. The van der Waals surface area contributed by atoms with Crippen LogP contribution in [0.3, 0.4) is 0 Å². The van der Waals surface area contributed by atoms with Gasteiger partial charge in [0.2, 0.25) is 0 Å². The van der Waals surface area contributed by atoms with Crippen molar-refractivity contribution in [1.29, 1.82) is 0 Å². The van der Waals surface area contributed by atoms with Crippen molar-refractivity contribution in [2.24, 2.45) is 5.92 Å². The Hall–Kier alpha value is -2.31. The van der Waals surface area contributed by atoms with E-state index in [1.54, 1.807) is 17.0 Å². The van der Waals surface area contributed by atoms with Gasteiger partial charge in [-0.15, -0.1) is 0 Å². The van der Waals surface area contributed by atoms with Gasteiger partial charge in [-0.1, -0.05) is 0 Å². The van der Waals surface area contributed by atoms with Crippen LogP contribution in [0.5, 0.6) is 0 Å². The SMILES string of the molecule is CC(C)(C)OC(=O)N1CC2CCC1CN(C(=O)c1ccc(N)nc1)C2. The van der Waals surface area contributed by atoms with Gasteiger partial charge in [-0.25, -0.2) is 9.78 Å². The molecule has 4 heterocycles. The largest absolute Gasteiger partial charge is 0.444 e. The van der Waals surface area contributed by atoms with Crippen LogP contribution >= 0.6 is 0 Å². The Kier molecular flexibility index (Phi) is 4.58. The number of nitrogen functional groups attached to an aromatic ring is 1. The zero-order valence-corrected chi connectivity index (χ0v) is 15.1. The molecule has 3 saturated heterocycles. The minimum atomic E-state index is -0.520. The van der Waals surface area contributed by atoms with Gasteiger partial charge in [0.25, 0.3) is 5.91 Å². The Balaban J connectivity index is 1.74. The number of pyridine rings is 1. The first kappa shape index (κ1) is 17.5. The van der Waals surface area contributed by atoms with Crippen LogP contribution in [0.1, 0.15) is 44.0 Å². The van der Waals surface area contributed by atoms with Gasteiger partial charge in [0.1, 0.15) is 11.4 Å². The molecule has 1 aromatic rings. The molecule has 136 valence electrons. The van der Waals surface area contributed by atoms with Crippen LogP contribution in [0.15, 0.2) is 18.3 Å². The maximum Gasteiger partial charge on any atom is 0.410 e. The molecule has 1 aromatic heterocycles. The van der Waals surface area contributed by atoms with E-state index in [4.69, 9.17) is 10.5 Å². The molecule has 0 spiro atoms. The zero-order chi connectivity index (χ0) is 18.2. The number of amides is 2. The molecule has 3 aliphatic heterocycles. The molecule has 2 amide bonds. The first-order chi connectivity index (χ1) is 11.7. The quantitative estimate of drug-likeness (QED) is 0.841. The van der Waals surface area contributed by atoms with E-state index in [2.05, 4.69) is 4.98 Å². The summed E-state index contributed by atoms with van der Waals surface area (Å²) in [6, 6.07) is 3.33. The molecule has 2 bridgehead atoms. The van der Waals surface area contributed by atoms with Gasteiger partial charge in [-0.05, 0) is 51.7 Å². The van der Waals surface area contributed by atoms with Gasteiger partial charge in [0.05, 0.1) is 11.6 Å². The first-order valence-electron chi connectivity index (χ1n) is 8.73. The summed E-state index contributed by atoms with van der Waals surface area (Å²) in [6.45, 7) is 7.42. The molecule has 0 saturated carbocycles. The summed E-state index contributed by atoms with van der Waals surface area (Å²) >= 11 is 0. The third-order valence-corrected chi connectivity index (χ3v) is 4.66. The third kappa shape index (κ3) is 4.03. The molecule has 25 heavy (non-hydrogen) atoms. The second-order valence-corrected chi connectivity index (χ2v) is 7.91. The van der Waals surface area contributed by atoms with E-state index in [1.165, 1.54) is 6.20 Å². The fraction of sp³-hybridized carbons (Fsp3) is 0.611. The highest BCUT2D eigenvalue weighted by Crippen LogP contribution is 2.30. The van der Waals surface area contributed by atoms with Crippen LogP contribution in [0, 0.1) is 5.92 Å². The first-order valence-corrected chi connectivity index (χ1v) is 8.73. The Morgan fingerprint density at radius 1 is 1.20 bits per heavy atom. The molecule has 2 unspecified atom stereocenters. The number of ether oxygens (including phenoxy) is 1. The van der Waals surface area contributed by atoms with Crippen LogP contribution in [-0.2, 0) is 4.74 Å². The van der Waals surface area contributed by atoms with Crippen LogP contribution in [0.2, 0.25) is 0 Å². The molecule has 2 N–H and O–H groups in total. The van der Waals surface area contributed by atoms with Crippen LogP contribution < -0.4 is 5.73 Å². The summed E-state index contributed by atoms with van der Waals surface area (Å²) in [5.74, 6) is 0.607. The van der Waals surface area contributed by atoms with E-state index in [0.717, 1.165) is 12.8 Å². The van der Waals surface area contributed by atoms with E-state index in [1.807, 2.05) is 25.7 Å². The maximum absolute atomic E-state index is 12.8. The highest BCUT2D eigenvalue weighted by Gasteiger charge is 2.40. The Morgan fingerprint density at radius 2 is 1.96 bits per heavy atom. The molecule has 3 fully saturated rings. The lowest BCUT2D eigenvalue weighted by atomic mass is 9.95. The number of hydrogen-bond acceptors (Lipinski definition) is 5. The number of rotatable bonds is 1. The Morgan fingerprint density at radius 3 is 2.60 bits per heavy atom. The summed E-state index contributed by atoms with van der Waals surface area (Å²) in [7, 11) is 0. The van der Waals surface area contributed by atoms with Crippen LogP contribution in [0.25, 0.3) is 0 Å². The average Bonchev–Trinajstić information content (AvgIpc) is 2.85. The van der Waals surface area contributed by atoms with Crippen molar-refractivity contribution >= 4 is 17.8 Å². The second-order valence-electron chi connectivity index (χ2n) is 7.91. The zero-order valence-electron chi connectivity index (χ0n) is 15.1. The summed E-state index contributed by atoms with van der Waals surface area (Å²) < 4.78 is 5.54. The molecule has 7 heteroatoms. The minimum absolute atomic E-state index is 0.000657. The number of nitrogens with two attached hydrogens (primary N) is 1. The van der Waals surface area contributed by atoms with Crippen molar-refractivity contribution in [1.82, 2.24) is 14.8 Å². The molecule has 0 aromatic carbocycles. The van der Waals surface area contributed by atoms with E-state index >= 15 is 0 Å². The number of nitrogens with zero attached hydrogens (tertiary/aromatic N) is 3. The molecular formula is C18H26N4O3. The minimum Gasteiger partial charge on any atom is -0.444 e. The summed E-state index contributed by atoms with van der Waals surface area (Å²) in [4.78, 5) is 32.9. The van der Waals surface area contributed by atoms with Gasteiger partial charge in [-0.3, -0.25) is 4.79 Å². The fourth-order valence-electron chi connectivity index (χ4n) is 3.51. The van der Waals surface area contributed by atoms with Gasteiger partial charge < -0.3 is 20.3 Å². The number of aromatic nitrogens is 1. The molecule has 0 aliphatic carbocycles. The molecule has 0 radical (unpaired) electrons. The van der Waals surface area contributed by atoms with E-state index in [9.17, 15) is 9.59 Å². The van der Waals surface area contributed by atoms with Crippen molar-refractivity contribution < 1.29 is 14.3 Å². The maximum atomic E-state index is 12.8. The summed E-state index contributed by atoms with van der Waals surface area (Å²) in [5.41, 5.74) is 5.60. The van der Waals surface area contributed by atoms with Gasteiger partial charge in [0.15, 0.2) is 0 Å². The lowest BCUT2D eigenvalue weighted by Gasteiger charge is -2.36. The number of anilines is 1. The van der Waals surface area contributed by atoms with Crippen LogP contribution in [-0.4, -0.2) is 58.1 Å². The number of piperidine rings is 1. The van der Waals surface area contributed by atoms with Crippen molar-refractivity contribution in [2.45, 2.75) is 45.3 Å². The molecule has 7 nitrogen and oxygen atoms in total. The third-order valence-electron chi connectivity index (χ3n) is 4.66. The summed E-state index contributed by atoms with van der Waals surface area (Å²) in [5, 5.41) is 0. The monoisotopic (exact) mass is 346 g/mol. The van der Waals surface area contributed by atoms with Crippen molar-refractivity contribution in [3.05, 3.63) is 23.9 Å². The highest BCUT2D eigenvalue weighted by atomic mass is 16.6. The van der Waals surface area contributed by atoms with Gasteiger partial charge >= 0.3 is 6.09 Å². The Bertz CT molecular complexity index is 653. The average molecular weight is 346 g/mol. The fourth-order valence-corrected chi connectivity index (χ4v) is 3.51. The van der Waals surface area contributed by atoms with Crippen molar-refractivity contribution in [2.75, 3.05) is 25.4 Å². The number of fused-ring (bicyclic) bond motifs is 4. The number of hydrogen-bond donors (Lipinski definition) is 1. The lowest BCUT2D eigenvalue weighted by Crippen LogP contribution is -2.49. The highest BCUT2D eigenvalue weighted by molar-refractivity contribution is 5.94. The standard InChI is InChI=1S/C18H26N4O3/c1-18(2,3)25-17(24)22-10-12-4-6-14(22)11-21(9-12)16(23)13-5-7-15(19)20-8-13/h5,7-8,12,14H,4,6,9-11H2,1-3H3,(H2,19,20). The van der Waals surface area contributed by atoms with E-state index in [0.29, 0.717) is 31.0 Å². The molecular weight excluding hydrogens is 320 g/mol. The topological polar surface area (TPSA) is 88.8 Å². The molecule has 3 aliphatic rings.